The van der Waals surface area contributed by atoms with Crippen molar-refractivity contribution in [2.75, 3.05) is 14.1 Å². The molecule has 1 aromatic heterocycles. The van der Waals surface area contributed by atoms with Gasteiger partial charge in [0, 0.05) is 31.8 Å². The van der Waals surface area contributed by atoms with Gasteiger partial charge in [-0.15, -0.1) is 0 Å². The lowest BCUT2D eigenvalue weighted by molar-refractivity contribution is 0.521. The van der Waals surface area contributed by atoms with Gasteiger partial charge in [0.25, 0.3) is 0 Å². The molecule has 0 spiro atoms. The van der Waals surface area contributed by atoms with Crippen LogP contribution in [0.3, 0.4) is 0 Å². The van der Waals surface area contributed by atoms with Gasteiger partial charge in [-0.25, -0.2) is 12.7 Å². The molecule has 0 atom stereocenters. The molecule has 0 aliphatic heterocycles. The Balaban J connectivity index is 2.37. The topological polar surface area (TPSA) is 66.1 Å². The quantitative estimate of drug-likeness (QED) is 0.938. The summed E-state index contributed by atoms with van der Waals surface area (Å²) in [5, 5.41) is 7.33. The van der Waals surface area contributed by atoms with Crippen LogP contribution >= 0.6 is 11.6 Å². The highest BCUT2D eigenvalue weighted by atomic mass is 35.5. The predicted octanol–water partition coefficient (Wildman–Crippen LogP) is 2.52. The van der Waals surface area contributed by atoms with Gasteiger partial charge < -0.3 is 0 Å². The van der Waals surface area contributed by atoms with E-state index in [9.17, 15) is 8.42 Å². The second-order valence-corrected chi connectivity index (χ2v) is 7.67. The zero-order valence-electron chi connectivity index (χ0n) is 12.4. The number of nitrogens with one attached hydrogen (secondary N) is 1. The first-order chi connectivity index (χ1) is 9.73. The van der Waals surface area contributed by atoms with Gasteiger partial charge in [0.1, 0.15) is 4.90 Å². The van der Waals surface area contributed by atoms with Gasteiger partial charge in [0.15, 0.2) is 0 Å². The van der Waals surface area contributed by atoms with Crippen molar-refractivity contribution in [1.29, 1.82) is 0 Å². The lowest BCUT2D eigenvalue weighted by Gasteiger charge is -2.13. The summed E-state index contributed by atoms with van der Waals surface area (Å²) in [7, 11) is -0.552. The summed E-state index contributed by atoms with van der Waals surface area (Å²) in [6.45, 7) is 3.90. The summed E-state index contributed by atoms with van der Waals surface area (Å²) in [5.41, 5.74) is 4.00. The molecule has 5 nitrogen and oxygen atoms in total. The fourth-order valence-electron chi connectivity index (χ4n) is 2.10. The Morgan fingerprint density at radius 1 is 1.29 bits per heavy atom. The van der Waals surface area contributed by atoms with Gasteiger partial charge in [-0.1, -0.05) is 17.7 Å². The fraction of sp³-hybridized carbons (Fsp3) is 0.357. The SMILES string of the molecule is Cc1n[nH]c(C)c1Cc1ccc(S(=O)(=O)N(C)C)c(Cl)c1. The largest absolute Gasteiger partial charge is 0.282 e. The molecule has 114 valence electrons. The maximum absolute atomic E-state index is 12.1. The van der Waals surface area contributed by atoms with Crippen molar-refractivity contribution in [3.8, 4) is 0 Å². The number of rotatable bonds is 4. The number of hydrogen-bond acceptors (Lipinski definition) is 3. The van der Waals surface area contributed by atoms with Gasteiger partial charge in [-0.2, -0.15) is 5.10 Å². The van der Waals surface area contributed by atoms with Crippen molar-refractivity contribution in [3.63, 3.8) is 0 Å². The van der Waals surface area contributed by atoms with Crippen LogP contribution in [0.5, 0.6) is 0 Å². The van der Waals surface area contributed by atoms with Crippen LogP contribution in [0.1, 0.15) is 22.5 Å². The minimum absolute atomic E-state index is 0.124. The molecule has 0 saturated heterocycles. The van der Waals surface area contributed by atoms with E-state index in [0.717, 1.165) is 26.8 Å². The van der Waals surface area contributed by atoms with Crippen molar-refractivity contribution >= 4 is 21.6 Å². The average molecular weight is 328 g/mol. The highest BCUT2D eigenvalue weighted by molar-refractivity contribution is 7.89. The minimum atomic E-state index is -3.52. The molecule has 0 bridgehead atoms. The third kappa shape index (κ3) is 3.12. The van der Waals surface area contributed by atoms with Crippen LogP contribution in [0.25, 0.3) is 0 Å². The lowest BCUT2D eigenvalue weighted by Crippen LogP contribution is -2.22. The molecule has 0 fully saturated rings. The third-order valence-corrected chi connectivity index (χ3v) is 5.71. The second kappa shape index (κ2) is 5.79. The van der Waals surface area contributed by atoms with E-state index in [-0.39, 0.29) is 9.92 Å². The average Bonchev–Trinajstić information content (AvgIpc) is 2.70. The van der Waals surface area contributed by atoms with Crippen LogP contribution in [0.4, 0.5) is 0 Å². The van der Waals surface area contributed by atoms with Crippen LogP contribution in [-0.2, 0) is 16.4 Å². The predicted molar refractivity (Wildman–Crippen MR) is 83.2 cm³/mol. The van der Waals surface area contributed by atoms with Crippen LogP contribution in [-0.4, -0.2) is 37.0 Å². The molecule has 0 aliphatic carbocycles. The molecule has 1 N–H and O–H groups in total. The van der Waals surface area contributed by atoms with Crippen molar-refractivity contribution in [3.05, 3.63) is 45.7 Å². The number of nitrogens with zero attached hydrogens (tertiary/aromatic N) is 2. The molecule has 2 aromatic rings. The van der Waals surface area contributed by atoms with Crippen LogP contribution < -0.4 is 0 Å². The number of sulfonamides is 1. The Kier molecular flexibility index (Phi) is 4.41. The van der Waals surface area contributed by atoms with E-state index in [0.29, 0.717) is 6.42 Å². The third-order valence-electron chi connectivity index (χ3n) is 3.42. The van der Waals surface area contributed by atoms with E-state index in [4.69, 9.17) is 11.6 Å². The summed E-state index contributed by atoms with van der Waals surface area (Å²) in [4.78, 5) is 0.124. The number of halogens is 1. The maximum Gasteiger partial charge on any atom is 0.244 e. The van der Waals surface area contributed by atoms with Gasteiger partial charge in [0.2, 0.25) is 10.0 Å². The van der Waals surface area contributed by atoms with Crippen LogP contribution in [0, 0.1) is 13.8 Å². The van der Waals surface area contributed by atoms with Crippen molar-refractivity contribution < 1.29 is 8.42 Å². The Labute approximate surface area is 130 Å². The van der Waals surface area contributed by atoms with Crippen molar-refractivity contribution in [2.24, 2.45) is 0 Å². The molecule has 0 unspecified atom stereocenters. The number of aromatic nitrogens is 2. The molecule has 1 heterocycles. The Hall–Kier alpha value is -1.37. The number of benzene rings is 1. The molecule has 0 radical (unpaired) electrons. The van der Waals surface area contributed by atoms with Crippen LogP contribution in [0.2, 0.25) is 5.02 Å². The van der Waals surface area contributed by atoms with Crippen molar-refractivity contribution in [1.82, 2.24) is 14.5 Å². The highest BCUT2D eigenvalue weighted by Crippen LogP contribution is 2.26. The summed E-state index contributed by atoms with van der Waals surface area (Å²) >= 11 is 6.15. The van der Waals surface area contributed by atoms with Gasteiger partial charge in [-0.3, -0.25) is 5.10 Å². The first-order valence-corrected chi connectivity index (χ1v) is 8.26. The highest BCUT2D eigenvalue weighted by Gasteiger charge is 2.21. The van der Waals surface area contributed by atoms with E-state index >= 15 is 0 Å². The lowest BCUT2D eigenvalue weighted by atomic mass is 10.0. The molecule has 21 heavy (non-hydrogen) atoms. The maximum atomic E-state index is 12.1. The summed E-state index contributed by atoms with van der Waals surface area (Å²) in [6.07, 6.45) is 0.663. The fourth-order valence-corrected chi connectivity index (χ4v) is 3.53. The summed E-state index contributed by atoms with van der Waals surface area (Å²) in [5.74, 6) is 0. The normalized spacial score (nSPS) is 12.1. The molecular weight excluding hydrogens is 310 g/mol. The van der Waals surface area contributed by atoms with E-state index in [1.54, 1.807) is 18.2 Å². The van der Waals surface area contributed by atoms with Gasteiger partial charge in [-0.05, 0) is 31.5 Å². The summed E-state index contributed by atoms with van der Waals surface area (Å²) < 4.78 is 25.4. The molecule has 1 aromatic carbocycles. The first-order valence-electron chi connectivity index (χ1n) is 6.45. The molecule has 0 saturated carbocycles. The van der Waals surface area contributed by atoms with Crippen LogP contribution in [0.15, 0.2) is 23.1 Å². The zero-order chi connectivity index (χ0) is 15.8. The second-order valence-electron chi connectivity index (χ2n) is 5.14. The van der Waals surface area contributed by atoms with E-state index in [1.165, 1.54) is 14.1 Å². The Bertz CT molecular complexity index is 747. The Morgan fingerprint density at radius 2 is 1.95 bits per heavy atom. The van der Waals surface area contributed by atoms with Gasteiger partial charge in [0.05, 0.1) is 10.7 Å². The molecular formula is C14H18ClN3O2S. The zero-order valence-corrected chi connectivity index (χ0v) is 14.0. The van der Waals surface area contributed by atoms with E-state index < -0.39 is 10.0 Å². The standard InChI is InChI=1S/C14H18ClN3O2S/c1-9-12(10(2)17-16-9)7-11-5-6-14(13(15)8-11)21(19,20)18(3)4/h5-6,8H,7H2,1-4H3,(H,16,17). The summed E-state index contributed by atoms with van der Waals surface area (Å²) in [6, 6.07) is 5.04. The van der Waals surface area contributed by atoms with E-state index in [2.05, 4.69) is 10.2 Å². The molecule has 0 aliphatic rings. The monoisotopic (exact) mass is 327 g/mol. The number of aryl methyl sites for hydroxylation is 2. The minimum Gasteiger partial charge on any atom is -0.282 e. The molecule has 0 amide bonds. The molecule has 7 heteroatoms. The molecule has 2 rings (SSSR count). The first kappa shape index (κ1) is 16.0. The Morgan fingerprint density at radius 3 is 2.43 bits per heavy atom. The number of H-pyrrole nitrogens is 1. The number of hydrogen-bond donors (Lipinski definition) is 1. The van der Waals surface area contributed by atoms with E-state index in [1.807, 2.05) is 13.8 Å². The number of aromatic amines is 1. The van der Waals surface area contributed by atoms with Gasteiger partial charge >= 0.3 is 0 Å². The van der Waals surface area contributed by atoms with Crippen molar-refractivity contribution in [2.45, 2.75) is 25.2 Å². The smallest absolute Gasteiger partial charge is 0.244 e.